The van der Waals surface area contributed by atoms with Crippen molar-refractivity contribution in [2.45, 2.75) is 25.2 Å². The smallest absolute Gasteiger partial charge is 0.147 e. The van der Waals surface area contributed by atoms with Crippen LogP contribution in [-0.4, -0.2) is 5.78 Å². The van der Waals surface area contributed by atoms with E-state index in [0.717, 1.165) is 18.6 Å². The molecule has 0 saturated carbocycles. The van der Waals surface area contributed by atoms with Gasteiger partial charge in [-0.05, 0) is 36.1 Å². The Morgan fingerprint density at radius 2 is 2.12 bits per heavy atom. The molecule has 2 nitrogen and oxygen atoms in total. The van der Waals surface area contributed by atoms with Gasteiger partial charge >= 0.3 is 0 Å². The van der Waals surface area contributed by atoms with E-state index in [9.17, 15) is 4.79 Å². The molecule has 3 rings (SSSR count). The molecule has 1 atom stereocenters. The monoisotopic (exact) mass is 226 g/mol. The van der Waals surface area contributed by atoms with Crippen molar-refractivity contribution >= 4 is 5.78 Å². The second-order valence-electron chi connectivity index (χ2n) is 4.51. The normalized spacial score (nSPS) is 18.0. The van der Waals surface area contributed by atoms with Gasteiger partial charge in [-0.15, -0.1) is 0 Å². The molecule has 0 fully saturated rings. The number of benzene rings is 1. The highest BCUT2D eigenvalue weighted by Crippen LogP contribution is 2.34. The summed E-state index contributed by atoms with van der Waals surface area (Å²) in [5, 5.41) is 0. The van der Waals surface area contributed by atoms with Gasteiger partial charge in [0.05, 0.1) is 12.7 Å². The number of carbonyl (C=O) groups is 1. The summed E-state index contributed by atoms with van der Waals surface area (Å²) in [5.74, 6) is 1.10. The van der Waals surface area contributed by atoms with Gasteiger partial charge in [0, 0.05) is 5.92 Å². The Hall–Kier alpha value is -1.83. The minimum Gasteiger partial charge on any atom is -0.469 e. The summed E-state index contributed by atoms with van der Waals surface area (Å²) >= 11 is 0. The highest BCUT2D eigenvalue weighted by molar-refractivity contribution is 5.88. The first kappa shape index (κ1) is 10.3. The molecule has 0 radical (unpaired) electrons. The average molecular weight is 226 g/mol. The topological polar surface area (TPSA) is 30.2 Å². The summed E-state index contributed by atoms with van der Waals surface area (Å²) in [5.41, 5.74) is 2.54. The molecule has 1 heterocycles. The Bertz CT molecular complexity index is 526. The zero-order valence-corrected chi connectivity index (χ0v) is 9.56. The molecule has 1 unspecified atom stereocenters. The number of Topliss-reactive ketones (excluding diaryl/α,β-unsaturated/α-hetero) is 1. The van der Waals surface area contributed by atoms with E-state index in [0.29, 0.717) is 6.42 Å². The zero-order chi connectivity index (χ0) is 11.7. The summed E-state index contributed by atoms with van der Waals surface area (Å²) in [6.45, 7) is 0. The van der Waals surface area contributed by atoms with Crippen LogP contribution in [0.4, 0.5) is 0 Å². The second-order valence-corrected chi connectivity index (χ2v) is 4.51. The van der Waals surface area contributed by atoms with Crippen LogP contribution in [0.3, 0.4) is 0 Å². The fourth-order valence-corrected chi connectivity index (χ4v) is 2.60. The molecule has 0 amide bonds. The molecular formula is C15H14O2. The Kier molecular flexibility index (Phi) is 2.56. The second kappa shape index (κ2) is 4.21. The SMILES string of the molecule is O=C(Cc1ccco1)C1CCc2ccccc21. The zero-order valence-electron chi connectivity index (χ0n) is 9.56. The molecule has 0 saturated heterocycles. The van der Waals surface area contributed by atoms with Crippen molar-refractivity contribution in [2.75, 3.05) is 0 Å². The molecule has 2 aromatic rings. The lowest BCUT2D eigenvalue weighted by molar-refractivity contribution is -0.120. The molecule has 0 aliphatic heterocycles. The molecule has 1 aromatic heterocycles. The molecule has 0 N–H and O–H groups in total. The number of hydrogen-bond acceptors (Lipinski definition) is 2. The van der Waals surface area contributed by atoms with E-state index in [-0.39, 0.29) is 11.7 Å². The Morgan fingerprint density at radius 3 is 2.94 bits per heavy atom. The van der Waals surface area contributed by atoms with Gasteiger partial charge in [-0.2, -0.15) is 0 Å². The Balaban J connectivity index is 1.80. The molecular weight excluding hydrogens is 212 g/mol. The number of carbonyl (C=O) groups excluding carboxylic acids is 1. The van der Waals surface area contributed by atoms with Crippen molar-refractivity contribution in [1.29, 1.82) is 0 Å². The number of furan rings is 1. The fourth-order valence-electron chi connectivity index (χ4n) is 2.60. The van der Waals surface area contributed by atoms with Crippen LogP contribution in [0, 0.1) is 0 Å². The van der Waals surface area contributed by atoms with Crippen LogP contribution in [0.25, 0.3) is 0 Å². The molecule has 1 aromatic carbocycles. The molecule has 86 valence electrons. The maximum absolute atomic E-state index is 12.2. The quantitative estimate of drug-likeness (QED) is 0.805. The van der Waals surface area contributed by atoms with E-state index in [1.54, 1.807) is 6.26 Å². The van der Waals surface area contributed by atoms with Gasteiger partial charge in [-0.25, -0.2) is 0 Å². The van der Waals surface area contributed by atoms with E-state index in [2.05, 4.69) is 12.1 Å². The summed E-state index contributed by atoms with van der Waals surface area (Å²) in [6.07, 6.45) is 3.99. The number of hydrogen-bond donors (Lipinski definition) is 0. The van der Waals surface area contributed by atoms with Crippen molar-refractivity contribution in [3.8, 4) is 0 Å². The van der Waals surface area contributed by atoms with Crippen LogP contribution in [0.5, 0.6) is 0 Å². The standard InChI is InChI=1S/C15H14O2/c16-15(10-12-5-3-9-17-12)14-8-7-11-4-1-2-6-13(11)14/h1-6,9,14H,7-8,10H2. The largest absolute Gasteiger partial charge is 0.469 e. The lowest BCUT2D eigenvalue weighted by Crippen LogP contribution is -2.12. The number of fused-ring (bicyclic) bond motifs is 1. The Morgan fingerprint density at radius 1 is 1.24 bits per heavy atom. The molecule has 2 heteroatoms. The van der Waals surface area contributed by atoms with E-state index in [1.165, 1.54) is 11.1 Å². The highest BCUT2D eigenvalue weighted by Gasteiger charge is 2.28. The van der Waals surface area contributed by atoms with E-state index < -0.39 is 0 Å². The fraction of sp³-hybridized carbons (Fsp3) is 0.267. The first-order chi connectivity index (χ1) is 8.34. The van der Waals surface area contributed by atoms with Gasteiger partial charge in [0.1, 0.15) is 11.5 Å². The number of aryl methyl sites for hydroxylation is 1. The van der Waals surface area contributed by atoms with Crippen molar-refractivity contribution < 1.29 is 9.21 Å². The van der Waals surface area contributed by atoms with Gasteiger partial charge in [0.25, 0.3) is 0 Å². The maximum Gasteiger partial charge on any atom is 0.147 e. The predicted octanol–water partition coefficient (Wildman–Crippen LogP) is 3.12. The maximum atomic E-state index is 12.2. The number of rotatable bonds is 3. The number of ketones is 1. The summed E-state index contributed by atoms with van der Waals surface area (Å²) in [4.78, 5) is 12.2. The first-order valence-corrected chi connectivity index (χ1v) is 5.97. The molecule has 0 spiro atoms. The van der Waals surface area contributed by atoms with E-state index in [4.69, 9.17) is 4.42 Å². The third-order valence-corrected chi connectivity index (χ3v) is 3.45. The third-order valence-electron chi connectivity index (χ3n) is 3.45. The average Bonchev–Trinajstić information content (AvgIpc) is 2.96. The van der Waals surface area contributed by atoms with Crippen molar-refractivity contribution in [2.24, 2.45) is 0 Å². The summed E-state index contributed by atoms with van der Waals surface area (Å²) in [7, 11) is 0. The summed E-state index contributed by atoms with van der Waals surface area (Å²) in [6, 6.07) is 11.9. The molecule has 1 aliphatic carbocycles. The predicted molar refractivity (Wildman–Crippen MR) is 64.9 cm³/mol. The molecule has 17 heavy (non-hydrogen) atoms. The van der Waals surface area contributed by atoms with Crippen LogP contribution in [0.2, 0.25) is 0 Å². The lowest BCUT2D eigenvalue weighted by atomic mass is 9.94. The molecule has 1 aliphatic rings. The third kappa shape index (κ3) is 1.91. The van der Waals surface area contributed by atoms with Crippen molar-refractivity contribution in [1.82, 2.24) is 0 Å². The van der Waals surface area contributed by atoms with Crippen LogP contribution in [0.1, 0.15) is 29.2 Å². The van der Waals surface area contributed by atoms with Gasteiger partial charge in [0.2, 0.25) is 0 Å². The van der Waals surface area contributed by atoms with Crippen LogP contribution in [-0.2, 0) is 17.6 Å². The van der Waals surface area contributed by atoms with Crippen molar-refractivity contribution in [3.05, 3.63) is 59.5 Å². The van der Waals surface area contributed by atoms with Crippen LogP contribution in [0.15, 0.2) is 47.1 Å². The minimum absolute atomic E-state index is 0.0660. The minimum atomic E-state index is 0.0660. The van der Waals surface area contributed by atoms with E-state index >= 15 is 0 Å². The first-order valence-electron chi connectivity index (χ1n) is 5.97. The van der Waals surface area contributed by atoms with Gasteiger partial charge < -0.3 is 4.42 Å². The Labute approximate surface area is 100 Å². The summed E-state index contributed by atoms with van der Waals surface area (Å²) < 4.78 is 5.23. The van der Waals surface area contributed by atoms with Gasteiger partial charge in [0.15, 0.2) is 0 Å². The van der Waals surface area contributed by atoms with Gasteiger partial charge in [-0.1, -0.05) is 24.3 Å². The van der Waals surface area contributed by atoms with Gasteiger partial charge in [-0.3, -0.25) is 4.79 Å². The highest BCUT2D eigenvalue weighted by atomic mass is 16.3. The molecule has 0 bridgehead atoms. The van der Waals surface area contributed by atoms with Crippen LogP contribution >= 0.6 is 0 Å². The lowest BCUT2D eigenvalue weighted by Gasteiger charge is -2.09. The van der Waals surface area contributed by atoms with Crippen molar-refractivity contribution in [3.63, 3.8) is 0 Å². The van der Waals surface area contributed by atoms with E-state index in [1.807, 2.05) is 24.3 Å². The van der Waals surface area contributed by atoms with Crippen LogP contribution < -0.4 is 0 Å².